The van der Waals surface area contributed by atoms with Crippen molar-refractivity contribution < 1.29 is 13.2 Å². The second kappa shape index (κ2) is 5.73. The van der Waals surface area contributed by atoms with Crippen molar-refractivity contribution in [1.29, 1.82) is 0 Å². The maximum Gasteiger partial charge on any atom is 0.393 e. The first kappa shape index (κ1) is 13.4. The van der Waals surface area contributed by atoms with Crippen LogP contribution in [0.5, 0.6) is 0 Å². The Bertz CT molecular complexity index is 348. The number of hydrogen-bond acceptors (Lipinski definition) is 2. The quantitative estimate of drug-likeness (QED) is 0.902. The van der Waals surface area contributed by atoms with E-state index in [4.69, 9.17) is 0 Å². The summed E-state index contributed by atoms with van der Waals surface area (Å²) in [5, 5.41) is 3.05. The highest BCUT2D eigenvalue weighted by atomic mass is 19.4. The number of nitrogens with zero attached hydrogens (tertiary/aromatic N) is 2. The lowest BCUT2D eigenvalue weighted by Crippen LogP contribution is -2.46. The molecule has 0 aromatic carbocycles. The molecule has 0 amide bonds. The van der Waals surface area contributed by atoms with E-state index in [2.05, 4.69) is 10.3 Å². The van der Waals surface area contributed by atoms with Crippen LogP contribution in [0.25, 0.3) is 0 Å². The van der Waals surface area contributed by atoms with Gasteiger partial charge in [0.05, 0.1) is 12.2 Å². The van der Waals surface area contributed by atoms with Gasteiger partial charge in [-0.05, 0) is 12.8 Å². The SMILES string of the molecule is FC(F)(F)C1CCCCC1NCCn1ccnc1. The van der Waals surface area contributed by atoms with E-state index in [9.17, 15) is 13.2 Å². The first-order chi connectivity index (χ1) is 8.57. The van der Waals surface area contributed by atoms with Crippen molar-refractivity contribution in [2.75, 3.05) is 6.54 Å². The lowest BCUT2D eigenvalue weighted by molar-refractivity contribution is -0.188. The van der Waals surface area contributed by atoms with E-state index in [-0.39, 0.29) is 6.42 Å². The lowest BCUT2D eigenvalue weighted by atomic mass is 9.84. The summed E-state index contributed by atoms with van der Waals surface area (Å²) in [4.78, 5) is 3.90. The topological polar surface area (TPSA) is 29.9 Å². The number of imidazole rings is 1. The predicted octanol–water partition coefficient (Wildman–Crippen LogP) is 2.59. The monoisotopic (exact) mass is 261 g/mol. The van der Waals surface area contributed by atoms with Crippen molar-refractivity contribution in [3.8, 4) is 0 Å². The summed E-state index contributed by atoms with van der Waals surface area (Å²) in [5.74, 6) is -1.19. The molecule has 102 valence electrons. The Morgan fingerprint density at radius 3 is 2.72 bits per heavy atom. The van der Waals surface area contributed by atoms with E-state index < -0.39 is 18.1 Å². The maximum atomic E-state index is 12.8. The fourth-order valence-electron chi connectivity index (χ4n) is 2.57. The van der Waals surface area contributed by atoms with Crippen molar-refractivity contribution in [3.63, 3.8) is 0 Å². The molecule has 1 saturated carbocycles. The van der Waals surface area contributed by atoms with E-state index in [0.29, 0.717) is 25.9 Å². The van der Waals surface area contributed by atoms with Gasteiger partial charge < -0.3 is 9.88 Å². The second-order valence-corrected chi connectivity index (χ2v) is 4.79. The number of aromatic nitrogens is 2. The van der Waals surface area contributed by atoms with E-state index in [1.165, 1.54) is 0 Å². The zero-order valence-corrected chi connectivity index (χ0v) is 10.2. The van der Waals surface area contributed by atoms with Gasteiger partial charge in [-0.2, -0.15) is 13.2 Å². The van der Waals surface area contributed by atoms with Gasteiger partial charge in [-0.25, -0.2) is 4.98 Å². The second-order valence-electron chi connectivity index (χ2n) is 4.79. The summed E-state index contributed by atoms with van der Waals surface area (Å²) in [6.45, 7) is 1.20. The van der Waals surface area contributed by atoms with Crippen LogP contribution in [-0.4, -0.2) is 28.3 Å². The first-order valence-electron chi connectivity index (χ1n) is 6.33. The molecule has 3 nitrogen and oxygen atoms in total. The van der Waals surface area contributed by atoms with Crippen LogP contribution in [0.15, 0.2) is 18.7 Å². The van der Waals surface area contributed by atoms with Crippen LogP contribution in [0.3, 0.4) is 0 Å². The molecular weight excluding hydrogens is 243 g/mol. The molecule has 1 aromatic heterocycles. The minimum absolute atomic E-state index is 0.256. The minimum Gasteiger partial charge on any atom is -0.336 e. The fraction of sp³-hybridized carbons (Fsp3) is 0.750. The Morgan fingerprint density at radius 1 is 1.28 bits per heavy atom. The largest absolute Gasteiger partial charge is 0.393 e. The van der Waals surface area contributed by atoms with Crippen LogP contribution in [0, 0.1) is 5.92 Å². The highest BCUT2D eigenvalue weighted by molar-refractivity contribution is 4.85. The summed E-state index contributed by atoms with van der Waals surface area (Å²) in [6.07, 6.45) is 3.51. The molecule has 1 aromatic rings. The molecule has 18 heavy (non-hydrogen) atoms. The molecule has 1 heterocycles. The van der Waals surface area contributed by atoms with Gasteiger partial charge in [-0.1, -0.05) is 12.8 Å². The first-order valence-corrected chi connectivity index (χ1v) is 6.33. The summed E-state index contributed by atoms with van der Waals surface area (Å²) in [6, 6.07) is -0.428. The Morgan fingerprint density at radius 2 is 2.06 bits per heavy atom. The Kier molecular flexibility index (Phi) is 4.27. The third-order valence-corrected chi connectivity index (χ3v) is 3.52. The van der Waals surface area contributed by atoms with Crippen LogP contribution < -0.4 is 5.32 Å². The minimum atomic E-state index is -4.08. The molecule has 6 heteroatoms. The van der Waals surface area contributed by atoms with Crippen LogP contribution >= 0.6 is 0 Å². The molecule has 2 atom stereocenters. The molecule has 1 aliphatic rings. The molecule has 0 radical (unpaired) electrons. The molecule has 2 rings (SSSR count). The van der Waals surface area contributed by atoms with Gasteiger partial charge in [-0.15, -0.1) is 0 Å². The van der Waals surface area contributed by atoms with E-state index in [0.717, 1.165) is 6.42 Å². The van der Waals surface area contributed by atoms with Gasteiger partial charge in [0.25, 0.3) is 0 Å². The van der Waals surface area contributed by atoms with Gasteiger partial charge in [0, 0.05) is 31.5 Å². The molecule has 2 unspecified atom stereocenters. The Balaban J connectivity index is 1.82. The van der Waals surface area contributed by atoms with Crippen molar-refractivity contribution in [1.82, 2.24) is 14.9 Å². The molecule has 0 bridgehead atoms. The average Bonchev–Trinajstić information content (AvgIpc) is 2.81. The van der Waals surface area contributed by atoms with Gasteiger partial charge in [0.1, 0.15) is 0 Å². The third kappa shape index (κ3) is 3.48. The highest BCUT2D eigenvalue weighted by Gasteiger charge is 2.45. The lowest BCUT2D eigenvalue weighted by Gasteiger charge is -2.33. The predicted molar refractivity (Wildman–Crippen MR) is 62.0 cm³/mol. The number of halogens is 3. The maximum absolute atomic E-state index is 12.8. The number of nitrogens with one attached hydrogen (secondary N) is 1. The molecule has 1 aliphatic carbocycles. The van der Waals surface area contributed by atoms with Crippen molar-refractivity contribution >= 4 is 0 Å². The summed E-state index contributed by atoms with van der Waals surface area (Å²) < 4.78 is 40.4. The van der Waals surface area contributed by atoms with Gasteiger partial charge in [0.2, 0.25) is 0 Å². The van der Waals surface area contributed by atoms with Gasteiger partial charge in [-0.3, -0.25) is 0 Å². The van der Waals surface area contributed by atoms with Gasteiger partial charge >= 0.3 is 6.18 Å². The molecule has 0 spiro atoms. The van der Waals surface area contributed by atoms with Crippen LogP contribution in [0.1, 0.15) is 25.7 Å². The zero-order chi connectivity index (χ0) is 13.0. The zero-order valence-electron chi connectivity index (χ0n) is 10.2. The average molecular weight is 261 g/mol. The molecule has 1 N–H and O–H groups in total. The van der Waals surface area contributed by atoms with Crippen LogP contribution in [0.2, 0.25) is 0 Å². The van der Waals surface area contributed by atoms with Crippen LogP contribution in [-0.2, 0) is 6.54 Å². The van der Waals surface area contributed by atoms with E-state index >= 15 is 0 Å². The summed E-state index contributed by atoms with van der Waals surface area (Å²) in [5.41, 5.74) is 0. The standard InChI is InChI=1S/C12H18F3N3/c13-12(14,15)10-3-1-2-4-11(10)17-6-8-18-7-5-16-9-18/h5,7,9-11,17H,1-4,6,8H2. The number of rotatable bonds is 4. The molecule has 0 saturated heterocycles. The fourth-order valence-corrected chi connectivity index (χ4v) is 2.57. The number of alkyl halides is 3. The van der Waals surface area contributed by atoms with Crippen LogP contribution in [0.4, 0.5) is 13.2 Å². The number of hydrogen-bond donors (Lipinski definition) is 1. The summed E-state index contributed by atoms with van der Waals surface area (Å²) in [7, 11) is 0. The highest BCUT2D eigenvalue weighted by Crippen LogP contribution is 2.37. The normalized spacial score (nSPS) is 25.3. The summed E-state index contributed by atoms with van der Waals surface area (Å²) >= 11 is 0. The molecule has 0 aliphatic heterocycles. The van der Waals surface area contributed by atoms with Crippen molar-refractivity contribution in [3.05, 3.63) is 18.7 Å². The Labute approximate surface area is 104 Å². The molecule has 1 fully saturated rings. The van der Waals surface area contributed by atoms with Crippen molar-refractivity contribution in [2.45, 2.75) is 44.4 Å². The van der Waals surface area contributed by atoms with E-state index in [1.807, 2.05) is 10.8 Å². The van der Waals surface area contributed by atoms with E-state index in [1.54, 1.807) is 12.5 Å². The molecular formula is C12H18F3N3. The Hall–Kier alpha value is -1.04. The van der Waals surface area contributed by atoms with Gasteiger partial charge in [0.15, 0.2) is 0 Å². The smallest absolute Gasteiger partial charge is 0.336 e. The van der Waals surface area contributed by atoms with Crippen molar-refractivity contribution in [2.24, 2.45) is 5.92 Å². The third-order valence-electron chi connectivity index (χ3n) is 3.52.